The Morgan fingerprint density at radius 1 is 1.03 bits per heavy atom. The topological polar surface area (TPSA) is 69.3 Å². The van der Waals surface area contributed by atoms with Crippen molar-refractivity contribution in [1.29, 1.82) is 5.26 Å². The van der Waals surface area contributed by atoms with Gasteiger partial charge >= 0.3 is 0 Å². The van der Waals surface area contributed by atoms with Crippen LogP contribution in [0.4, 0.5) is 5.82 Å². The molecule has 2 saturated heterocycles. The quantitative estimate of drug-likeness (QED) is 0.224. The Hall–Kier alpha value is -2.11. The Kier molecular flexibility index (Phi) is 9.78. The molecule has 1 aromatic rings. The Labute approximate surface area is 213 Å². The summed E-state index contributed by atoms with van der Waals surface area (Å²) in [5.74, 6) is 0.768. The second-order valence-electron chi connectivity index (χ2n) is 9.10. The van der Waals surface area contributed by atoms with Crippen LogP contribution in [0, 0.1) is 18.3 Å². The van der Waals surface area contributed by atoms with Crippen LogP contribution in [0.5, 0.6) is 0 Å². The van der Waals surface area contributed by atoms with Gasteiger partial charge in [0.2, 0.25) is 0 Å². The molecule has 34 heavy (non-hydrogen) atoms. The van der Waals surface area contributed by atoms with Gasteiger partial charge in [-0.25, -0.2) is 0 Å². The number of hydrogen-bond acceptors (Lipinski definition) is 6. The number of aromatic nitrogens is 1. The highest BCUT2D eigenvalue weighted by Crippen LogP contribution is 2.36. The molecule has 2 aliphatic heterocycles. The molecule has 1 aromatic heterocycles. The molecule has 1 amide bonds. The second-order valence-corrected chi connectivity index (χ2v) is 10.8. The number of anilines is 1. The van der Waals surface area contributed by atoms with E-state index < -0.39 is 0 Å². The summed E-state index contributed by atoms with van der Waals surface area (Å²) >= 11 is 6.87. The molecule has 6 nitrogen and oxygen atoms in total. The lowest BCUT2D eigenvalue weighted by atomic mass is 10.0. The fraction of sp³-hybridized carbons (Fsp3) is 0.615. The Bertz CT molecular complexity index is 1050. The smallest absolute Gasteiger partial charge is 0.270 e. The van der Waals surface area contributed by atoms with Crippen LogP contribution in [-0.4, -0.2) is 39.3 Å². The van der Waals surface area contributed by atoms with E-state index in [9.17, 15) is 14.9 Å². The van der Waals surface area contributed by atoms with E-state index in [1.165, 1.54) is 37.4 Å². The number of nitrogens with zero attached hydrogens (tertiary/aromatic N) is 4. The zero-order valence-corrected chi connectivity index (χ0v) is 22.3. The van der Waals surface area contributed by atoms with Crippen LogP contribution in [0.2, 0.25) is 0 Å². The van der Waals surface area contributed by atoms with Gasteiger partial charge in [0.25, 0.3) is 11.5 Å². The number of carbonyl (C=O) groups excluding carboxylic acids is 1. The molecular weight excluding hydrogens is 464 g/mol. The maximum atomic E-state index is 13.3. The number of thiocarbonyl (C=S) groups is 1. The van der Waals surface area contributed by atoms with E-state index in [2.05, 4.69) is 17.9 Å². The van der Waals surface area contributed by atoms with Crippen molar-refractivity contribution in [2.24, 2.45) is 0 Å². The molecule has 0 aliphatic carbocycles. The lowest BCUT2D eigenvalue weighted by Crippen LogP contribution is -2.33. The first kappa shape index (κ1) is 26.5. The molecule has 2 fully saturated rings. The SMILES string of the molecule is CCCCCCCCN1C(=O)C(=Cc2c(C)c(C#N)c(=O)n(CCC)c2N2CCCC2)SC1=S. The maximum absolute atomic E-state index is 13.3. The van der Waals surface area contributed by atoms with Gasteiger partial charge in [0.15, 0.2) is 0 Å². The van der Waals surface area contributed by atoms with Crippen LogP contribution in [0.1, 0.15) is 88.3 Å². The lowest BCUT2D eigenvalue weighted by Gasteiger charge is -2.26. The summed E-state index contributed by atoms with van der Waals surface area (Å²) in [6, 6.07) is 2.11. The highest BCUT2D eigenvalue weighted by atomic mass is 32.2. The highest BCUT2D eigenvalue weighted by molar-refractivity contribution is 8.26. The van der Waals surface area contributed by atoms with E-state index in [0.717, 1.165) is 56.6 Å². The van der Waals surface area contributed by atoms with Gasteiger partial charge in [-0.2, -0.15) is 5.26 Å². The van der Waals surface area contributed by atoms with Crippen molar-refractivity contribution in [3.05, 3.63) is 31.9 Å². The molecule has 0 spiro atoms. The van der Waals surface area contributed by atoms with Crippen LogP contribution in [-0.2, 0) is 11.3 Å². The molecule has 0 atom stereocenters. The summed E-state index contributed by atoms with van der Waals surface area (Å²) in [5, 5.41) is 9.75. The van der Waals surface area contributed by atoms with Crippen molar-refractivity contribution in [2.75, 3.05) is 24.5 Å². The minimum absolute atomic E-state index is 0.0675. The van der Waals surface area contributed by atoms with Gasteiger partial charge in [0, 0.05) is 31.7 Å². The van der Waals surface area contributed by atoms with Gasteiger partial charge in [-0.3, -0.25) is 19.1 Å². The predicted octanol–water partition coefficient (Wildman–Crippen LogP) is 5.60. The first-order chi connectivity index (χ1) is 16.4. The molecule has 3 rings (SSSR count). The number of pyridine rings is 1. The van der Waals surface area contributed by atoms with Crippen LogP contribution in [0.3, 0.4) is 0 Å². The average molecular weight is 501 g/mol. The van der Waals surface area contributed by atoms with Crippen molar-refractivity contribution >= 4 is 46.1 Å². The number of carbonyl (C=O) groups is 1. The Morgan fingerprint density at radius 2 is 1.71 bits per heavy atom. The second kappa shape index (κ2) is 12.6. The highest BCUT2D eigenvalue weighted by Gasteiger charge is 2.33. The normalized spacial score (nSPS) is 17.3. The lowest BCUT2D eigenvalue weighted by molar-refractivity contribution is -0.122. The minimum atomic E-state index is -0.239. The zero-order valence-electron chi connectivity index (χ0n) is 20.7. The van der Waals surface area contributed by atoms with E-state index in [1.54, 1.807) is 9.47 Å². The van der Waals surface area contributed by atoms with Crippen molar-refractivity contribution in [3.8, 4) is 6.07 Å². The number of thioether (sulfide) groups is 1. The summed E-state index contributed by atoms with van der Waals surface area (Å²) in [5.41, 5.74) is 1.36. The number of hydrogen-bond donors (Lipinski definition) is 0. The summed E-state index contributed by atoms with van der Waals surface area (Å²) < 4.78 is 2.33. The molecule has 0 radical (unpaired) electrons. The molecule has 0 unspecified atom stereocenters. The fourth-order valence-corrected chi connectivity index (χ4v) is 6.01. The summed E-state index contributed by atoms with van der Waals surface area (Å²) in [6.45, 7) is 8.97. The van der Waals surface area contributed by atoms with Crippen LogP contribution in [0.15, 0.2) is 9.70 Å². The van der Waals surface area contributed by atoms with Gasteiger partial charge in [-0.05, 0) is 44.2 Å². The van der Waals surface area contributed by atoms with Gasteiger partial charge < -0.3 is 4.90 Å². The van der Waals surface area contributed by atoms with Crippen molar-refractivity contribution in [1.82, 2.24) is 9.47 Å². The maximum Gasteiger partial charge on any atom is 0.270 e. The Morgan fingerprint density at radius 3 is 2.35 bits per heavy atom. The van der Waals surface area contributed by atoms with E-state index in [-0.39, 0.29) is 17.0 Å². The predicted molar refractivity (Wildman–Crippen MR) is 145 cm³/mol. The molecule has 0 aromatic carbocycles. The van der Waals surface area contributed by atoms with E-state index >= 15 is 0 Å². The monoisotopic (exact) mass is 500 g/mol. The van der Waals surface area contributed by atoms with Crippen molar-refractivity contribution in [2.45, 2.75) is 85.1 Å². The summed E-state index contributed by atoms with van der Waals surface area (Å²) in [7, 11) is 0. The van der Waals surface area contributed by atoms with E-state index in [0.29, 0.717) is 27.9 Å². The van der Waals surface area contributed by atoms with Gasteiger partial charge in [-0.1, -0.05) is 69.9 Å². The molecule has 8 heteroatoms. The van der Waals surface area contributed by atoms with Gasteiger partial charge in [0.1, 0.15) is 21.8 Å². The average Bonchev–Trinajstić information content (AvgIpc) is 3.43. The van der Waals surface area contributed by atoms with E-state index in [4.69, 9.17) is 12.2 Å². The van der Waals surface area contributed by atoms with E-state index in [1.807, 2.05) is 19.9 Å². The number of unbranched alkanes of at least 4 members (excludes halogenated alkanes) is 5. The molecule has 3 heterocycles. The third-order valence-electron chi connectivity index (χ3n) is 6.58. The fourth-order valence-electron chi connectivity index (χ4n) is 4.72. The Balaban J connectivity index is 1.94. The molecule has 0 saturated carbocycles. The number of rotatable bonds is 11. The third kappa shape index (κ3) is 5.75. The summed E-state index contributed by atoms with van der Waals surface area (Å²) in [4.78, 5) is 30.9. The first-order valence-corrected chi connectivity index (χ1v) is 13.8. The van der Waals surface area contributed by atoms with Gasteiger partial charge in [-0.15, -0.1) is 0 Å². The first-order valence-electron chi connectivity index (χ1n) is 12.6. The minimum Gasteiger partial charge on any atom is -0.357 e. The molecule has 0 N–H and O–H groups in total. The van der Waals surface area contributed by atoms with Crippen LogP contribution in [0.25, 0.3) is 6.08 Å². The molecular formula is C26H36N4O2S2. The number of nitriles is 1. The molecule has 0 bridgehead atoms. The van der Waals surface area contributed by atoms with Crippen molar-refractivity contribution in [3.63, 3.8) is 0 Å². The third-order valence-corrected chi connectivity index (χ3v) is 7.96. The van der Waals surface area contributed by atoms with Crippen LogP contribution < -0.4 is 10.5 Å². The van der Waals surface area contributed by atoms with Crippen molar-refractivity contribution < 1.29 is 4.79 Å². The summed E-state index contributed by atoms with van der Waals surface area (Å²) in [6.07, 6.45) is 11.7. The number of amides is 1. The zero-order chi connectivity index (χ0) is 24.7. The standard InChI is InChI=1S/C26H36N4O2S2/c1-4-6-7-8-9-10-16-30-25(32)22(34-26(30)33)17-20-19(3)21(18-27)24(31)29(13-5-2)23(20)28-14-11-12-15-28/h17H,4-16H2,1-3H3. The molecule has 2 aliphatic rings. The molecule has 184 valence electrons. The van der Waals surface area contributed by atoms with Gasteiger partial charge in [0.05, 0.1) is 4.91 Å². The largest absolute Gasteiger partial charge is 0.357 e. The van der Waals surface area contributed by atoms with Crippen LogP contribution >= 0.6 is 24.0 Å².